The highest BCUT2D eigenvalue weighted by Gasteiger charge is 2.11. The molecule has 0 spiro atoms. The fraction of sp³-hybridized carbons (Fsp3) is 0.278. The number of ether oxygens (including phenoxy) is 1. The monoisotopic (exact) mass is 463 g/mol. The van der Waals surface area contributed by atoms with Gasteiger partial charge in [0.15, 0.2) is 10.8 Å². The van der Waals surface area contributed by atoms with Gasteiger partial charge in [-0.15, -0.1) is 0 Å². The number of methoxy groups -OCH3 is 1. The fourth-order valence-corrected chi connectivity index (χ4v) is 3.48. The first kappa shape index (κ1) is 20.3. The zero-order valence-corrected chi connectivity index (χ0v) is 17.7. The maximum Gasteiger partial charge on any atom is 0.264 e. The highest BCUT2D eigenvalue weighted by Crippen LogP contribution is 2.22. The Labute approximate surface area is 173 Å². The predicted octanol–water partition coefficient (Wildman–Crippen LogP) is 2.39. The Morgan fingerprint density at radius 1 is 1.36 bits per heavy atom. The zero-order chi connectivity index (χ0) is 20.1. The summed E-state index contributed by atoms with van der Waals surface area (Å²) in [7, 11) is 1.57. The lowest BCUT2D eigenvalue weighted by molar-refractivity contribution is -0.121. The molecule has 3 rings (SSSR count). The van der Waals surface area contributed by atoms with Crippen molar-refractivity contribution in [3.05, 3.63) is 51.1 Å². The van der Waals surface area contributed by atoms with Gasteiger partial charge >= 0.3 is 0 Å². The van der Waals surface area contributed by atoms with Gasteiger partial charge in [0.25, 0.3) is 5.56 Å². The summed E-state index contributed by atoms with van der Waals surface area (Å²) in [4.78, 5) is 37.5. The quantitative estimate of drug-likeness (QED) is 0.424. The largest absolute Gasteiger partial charge is 0.496 e. The molecule has 0 aliphatic rings. The summed E-state index contributed by atoms with van der Waals surface area (Å²) in [6.45, 7) is 2.12. The summed E-state index contributed by atoms with van der Waals surface area (Å²) in [5.41, 5.74) is 0.795. The molecule has 0 atom stereocenters. The molecule has 146 valence electrons. The van der Waals surface area contributed by atoms with E-state index in [1.807, 2.05) is 25.1 Å². The van der Waals surface area contributed by atoms with Crippen molar-refractivity contribution >= 4 is 44.6 Å². The molecule has 3 aromatic rings. The lowest BCUT2D eigenvalue weighted by Gasteiger charge is -2.11. The van der Waals surface area contributed by atoms with Crippen LogP contribution in [0, 0.1) is 0 Å². The Bertz CT molecular complexity index is 1070. The maximum atomic E-state index is 12.6. The minimum Gasteiger partial charge on any atom is -0.496 e. The standard InChI is InChI=1S/C18H18BrN5O3S/c1-3-28-18-21-8-13-16(23-18)22-10-24(17(13)26)9-15(25)20-7-11-6-12(19)4-5-14(11)27-2/h4-6,8,10H,3,7,9H2,1-2H3,(H,20,25). The van der Waals surface area contributed by atoms with Gasteiger partial charge < -0.3 is 10.1 Å². The molecule has 2 heterocycles. The second-order valence-electron chi connectivity index (χ2n) is 5.73. The topological polar surface area (TPSA) is 99.0 Å². The summed E-state index contributed by atoms with van der Waals surface area (Å²) < 4.78 is 7.42. The van der Waals surface area contributed by atoms with Crippen LogP contribution in [-0.4, -0.2) is 38.3 Å². The molecule has 8 nitrogen and oxygen atoms in total. The van der Waals surface area contributed by atoms with Gasteiger partial charge in [0.2, 0.25) is 5.91 Å². The van der Waals surface area contributed by atoms with E-state index in [2.05, 4.69) is 36.2 Å². The number of aromatic nitrogens is 4. The van der Waals surface area contributed by atoms with Crippen LogP contribution < -0.4 is 15.6 Å². The van der Waals surface area contributed by atoms with Crippen molar-refractivity contribution in [2.45, 2.75) is 25.2 Å². The summed E-state index contributed by atoms with van der Waals surface area (Å²) in [6.07, 6.45) is 2.79. The van der Waals surface area contributed by atoms with E-state index in [0.717, 1.165) is 15.8 Å². The van der Waals surface area contributed by atoms with Crippen LogP contribution in [0.2, 0.25) is 0 Å². The number of rotatable bonds is 7. The van der Waals surface area contributed by atoms with E-state index in [-0.39, 0.29) is 29.9 Å². The lowest BCUT2D eigenvalue weighted by Crippen LogP contribution is -2.32. The minimum absolute atomic E-state index is 0.149. The minimum atomic E-state index is -0.353. The number of benzene rings is 1. The first-order valence-corrected chi connectivity index (χ1v) is 10.2. The van der Waals surface area contributed by atoms with Crippen LogP contribution in [-0.2, 0) is 17.9 Å². The normalized spacial score (nSPS) is 10.8. The molecule has 0 saturated carbocycles. The van der Waals surface area contributed by atoms with Gasteiger partial charge in [-0.1, -0.05) is 34.6 Å². The van der Waals surface area contributed by atoms with Crippen molar-refractivity contribution in [3.8, 4) is 5.75 Å². The van der Waals surface area contributed by atoms with Gasteiger partial charge in [-0.3, -0.25) is 14.2 Å². The fourth-order valence-electron chi connectivity index (χ4n) is 2.54. The number of nitrogens with zero attached hydrogens (tertiary/aromatic N) is 4. The van der Waals surface area contributed by atoms with Gasteiger partial charge in [-0.05, 0) is 24.0 Å². The molecule has 2 aromatic heterocycles. The van der Waals surface area contributed by atoms with Gasteiger partial charge in [0, 0.05) is 22.8 Å². The molecule has 0 fully saturated rings. The summed E-state index contributed by atoms with van der Waals surface area (Å²) in [5, 5.41) is 3.64. The zero-order valence-electron chi connectivity index (χ0n) is 15.3. The van der Waals surface area contributed by atoms with E-state index in [0.29, 0.717) is 16.6 Å². The summed E-state index contributed by atoms with van der Waals surface area (Å²) in [6, 6.07) is 5.54. The number of hydrogen-bond donors (Lipinski definition) is 1. The SMILES string of the molecule is CCSc1ncc2c(=O)n(CC(=O)NCc3cc(Br)ccc3OC)cnc2n1. The Hall–Kier alpha value is -2.46. The number of carbonyl (C=O) groups is 1. The van der Waals surface area contributed by atoms with Crippen LogP contribution in [0.1, 0.15) is 12.5 Å². The second-order valence-corrected chi connectivity index (χ2v) is 7.88. The molecule has 10 heteroatoms. The van der Waals surface area contributed by atoms with Crippen molar-refractivity contribution in [1.82, 2.24) is 24.8 Å². The van der Waals surface area contributed by atoms with E-state index in [4.69, 9.17) is 4.74 Å². The lowest BCUT2D eigenvalue weighted by atomic mass is 10.2. The van der Waals surface area contributed by atoms with Gasteiger partial charge in [-0.2, -0.15) is 0 Å². The summed E-state index contributed by atoms with van der Waals surface area (Å²) in [5.74, 6) is 1.18. The molecule has 0 aliphatic heterocycles. The van der Waals surface area contributed by atoms with Crippen molar-refractivity contribution in [2.75, 3.05) is 12.9 Å². The number of fused-ring (bicyclic) bond motifs is 1. The highest BCUT2D eigenvalue weighted by molar-refractivity contribution is 9.10. The van der Waals surface area contributed by atoms with Crippen LogP contribution in [0.4, 0.5) is 0 Å². The highest BCUT2D eigenvalue weighted by atomic mass is 79.9. The molecule has 0 aliphatic carbocycles. The Kier molecular flexibility index (Phi) is 6.63. The molecule has 0 bridgehead atoms. The third-order valence-corrected chi connectivity index (χ3v) is 5.10. The van der Waals surface area contributed by atoms with Crippen LogP contribution in [0.25, 0.3) is 11.0 Å². The molecule has 0 radical (unpaired) electrons. The second kappa shape index (κ2) is 9.16. The molecule has 1 aromatic carbocycles. The number of halogens is 1. The van der Waals surface area contributed by atoms with E-state index < -0.39 is 0 Å². The number of nitrogens with one attached hydrogen (secondary N) is 1. The first-order chi connectivity index (χ1) is 13.5. The van der Waals surface area contributed by atoms with Crippen molar-refractivity contribution in [1.29, 1.82) is 0 Å². The third-order valence-electron chi connectivity index (χ3n) is 3.86. The smallest absolute Gasteiger partial charge is 0.264 e. The average molecular weight is 464 g/mol. The van der Waals surface area contributed by atoms with Gasteiger partial charge in [0.05, 0.1) is 7.11 Å². The molecular weight excluding hydrogens is 446 g/mol. The number of carbonyl (C=O) groups excluding carboxylic acids is 1. The van der Waals surface area contributed by atoms with Crippen molar-refractivity contribution in [2.24, 2.45) is 0 Å². The molecular formula is C18H18BrN5O3S. The Balaban J connectivity index is 1.73. The molecule has 1 amide bonds. The van der Waals surface area contributed by atoms with Crippen LogP contribution in [0.5, 0.6) is 5.75 Å². The van der Waals surface area contributed by atoms with E-state index in [1.165, 1.54) is 28.9 Å². The predicted molar refractivity (Wildman–Crippen MR) is 111 cm³/mol. The van der Waals surface area contributed by atoms with Gasteiger partial charge in [0.1, 0.15) is 24.0 Å². The Morgan fingerprint density at radius 2 is 2.18 bits per heavy atom. The van der Waals surface area contributed by atoms with E-state index in [1.54, 1.807) is 7.11 Å². The molecule has 1 N–H and O–H groups in total. The van der Waals surface area contributed by atoms with Crippen molar-refractivity contribution < 1.29 is 9.53 Å². The maximum absolute atomic E-state index is 12.6. The Morgan fingerprint density at radius 3 is 2.93 bits per heavy atom. The summed E-state index contributed by atoms with van der Waals surface area (Å²) >= 11 is 4.87. The molecule has 0 unspecified atom stereocenters. The van der Waals surface area contributed by atoms with E-state index in [9.17, 15) is 9.59 Å². The average Bonchev–Trinajstić information content (AvgIpc) is 2.69. The first-order valence-electron chi connectivity index (χ1n) is 8.46. The molecule has 0 saturated heterocycles. The number of amides is 1. The van der Waals surface area contributed by atoms with Gasteiger partial charge in [-0.25, -0.2) is 15.0 Å². The van der Waals surface area contributed by atoms with E-state index >= 15 is 0 Å². The van der Waals surface area contributed by atoms with Crippen LogP contribution >= 0.6 is 27.7 Å². The molecule has 28 heavy (non-hydrogen) atoms. The van der Waals surface area contributed by atoms with Crippen LogP contribution in [0.3, 0.4) is 0 Å². The third kappa shape index (κ3) is 4.68. The van der Waals surface area contributed by atoms with Crippen LogP contribution in [0.15, 0.2) is 45.1 Å². The number of hydrogen-bond acceptors (Lipinski definition) is 7. The van der Waals surface area contributed by atoms with Crippen molar-refractivity contribution in [3.63, 3.8) is 0 Å². The number of thioether (sulfide) groups is 1.